The quantitative estimate of drug-likeness (QED) is 0.212. The van der Waals surface area contributed by atoms with Gasteiger partial charge in [0.25, 0.3) is 0 Å². The Morgan fingerprint density at radius 2 is 1.36 bits per heavy atom. The highest BCUT2D eigenvalue weighted by molar-refractivity contribution is 6.28. The summed E-state index contributed by atoms with van der Waals surface area (Å²) in [5, 5.41) is 2.19. The molecule has 2 atom stereocenters. The zero-order valence-corrected chi connectivity index (χ0v) is 23.1. The number of furan rings is 1. The van der Waals surface area contributed by atoms with Crippen LogP contribution in [-0.4, -0.2) is 15.0 Å². The minimum absolute atomic E-state index is 0.0200. The third-order valence-corrected chi connectivity index (χ3v) is 8.92. The van der Waals surface area contributed by atoms with E-state index in [1.165, 1.54) is 5.56 Å². The molecule has 3 heterocycles. The summed E-state index contributed by atoms with van der Waals surface area (Å²) in [5.41, 5.74) is 8.63. The summed E-state index contributed by atoms with van der Waals surface area (Å²) in [6.07, 6.45) is 11.5. The summed E-state index contributed by atoms with van der Waals surface area (Å²) >= 11 is 6.71. The molecule has 4 nitrogen and oxygen atoms in total. The molecule has 6 aromatic rings. The maximum atomic E-state index is 6.71. The van der Waals surface area contributed by atoms with E-state index in [1.807, 2.05) is 30.3 Å². The lowest BCUT2D eigenvalue weighted by Crippen LogP contribution is -2.28. The summed E-state index contributed by atoms with van der Waals surface area (Å²) in [7, 11) is 0. The van der Waals surface area contributed by atoms with Crippen LogP contribution in [-0.2, 0) is 0 Å². The molecule has 0 N–H and O–H groups in total. The van der Waals surface area contributed by atoms with Gasteiger partial charge >= 0.3 is 0 Å². The van der Waals surface area contributed by atoms with Crippen LogP contribution in [0.2, 0.25) is 5.28 Å². The van der Waals surface area contributed by atoms with Crippen LogP contribution < -0.4 is 0 Å². The van der Waals surface area contributed by atoms with Gasteiger partial charge in [0, 0.05) is 33.2 Å². The highest BCUT2D eigenvalue weighted by Gasteiger charge is 2.45. The van der Waals surface area contributed by atoms with E-state index in [2.05, 4.69) is 102 Å². The second-order valence-corrected chi connectivity index (χ2v) is 11.3. The molecular formula is C37H22ClN3O. The Labute approximate surface area is 247 Å². The van der Waals surface area contributed by atoms with Gasteiger partial charge in [0.05, 0.1) is 0 Å². The number of nitrogens with zero attached hydrogens (tertiary/aromatic N) is 3. The minimum Gasteiger partial charge on any atom is -0.456 e. The Morgan fingerprint density at radius 1 is 0.667 bits per heavy atom. The van der Waals surface area contributed by atoms with Gasteiger partial charge in [-0.1, -0.05) is 109 Å². The second kappa shape index (κ2) is 8.72. The molecule has 1 aliphatic heterocycles. The first-order valence-corrected chi connectivity index (χ1v) is 14.4. The van der Waals surface area contributed by atoms with Gasteiger partial charge in [0.1, 0.15) is 11.2 Å². The van der Waals surface area contributed by atoms with E-state index in [4.69, 9.17) is 26.0 Å². The van der Waals surface area contributed by atoms with Crippen molar-refractivity contribution >= 4 is 50.3 Å². The van der Waals surface area contributed by atoms with Gasteiger partial charge in [-0.2, -0.15) is 9.97 Å². The summed E-state index contributed by atoms with van der Waals surface area (Å²) in [6, 6.07) is 33.4. The molecule has 0 radical (unpaired) electrons. The first-order chi connectivity index (χ1) is 20.7. The molecule has 0 fully saturated rings. The summed E-state index contributed by atoms with van der Waals surface area (Å²) < 4.78 is 6.37. The monoisotopic (exact) mass is 559 g/mol. The van der Waals surface area contributed by atoms with E-state index in [1.54, 1.807) is 0 Å². The van der Waals surface area contributed by atoms with Crippen LogP contribution in [0.1, 0.15) is 28.4 Å². The Hall–Kier alpha value is -5.06. The molecule has 0 saturated heterocycles. The Balaban J connectivity index is 1.44. The molecule has 3 aliphatic rings. The van der Waals surface area contributed by atoms with E-state index in [9.17, 15) is 0 Å². The van der Waals surface area contributed by atoms with E-state index in [0.717, 1.165) is 55.3 Å². The summed E-state index contributed by atoms with van der Waals surface area (Å²) in [6.45, 7) is 0. The number of hydrogen-bond acceptors (Lipinski definition) is 4. The number of benzene rings is 4. The number of allylic oxidation sites excluding steroid dienone is 8. The first kappa shape index (κ1) is 23.6. The van der Waals surface area contributed by atoms with Crippen molar-refractivity contribution in [3.05, 3.63) is 155 Å². The summed E-state index contributed by atoms with van der Waals surface area (Å²) in [5.74, 6) is 1.08. The maximum Gasteiger partial charge on any atom is 0.226 e. The number of fused-ring (bicyclic) bond motifs is 5. The van der Waals surface area contributed by atoms with Crippen LogP contribution in [0, 0.1) is 5.41 Å². The van der Waals surface area contributed by atoms with E-state index in [-0.39, 0.29) is 11.2 Å². The predicted molar refractivity (Wildman–Crippen MR) is 169 cm³/mol. The van der Waals surface area contributed by atoms with Crippen LogP contribution in [0.25, 0.3) is 50.0 Å². The van der Waals surface area contributed by atoms with Gasteiger partial charge < -0.3 is 4.42 Å². The van der Waals surface area contributed by atoms with E-state index >= 15 is 0 Å². The van der Waals surface area contributed by atoms with Gasteiger partial charge in [-0.3, -0.25) is 0 Å². The predicted octanol–water partition coefficient (Wildman–Crippen LogP) is 9.31. The molecule has 5 heteroatoms. The molecule has 4 bridgehead atoms. The molecule has 198 valence electrons. The third kappa shape index (κ3) is 3.33. The van der Waals surface area contributed by atoms with Gasteiger partial charge in [-0.15, -0.1) is 0 Å². The van der Waals surface area contributed by atoms with E-state index in [0.29, 0.717) is 11.6 Å². The minimum atomic E-state index is -0.557. The van der Waals surface area contributed by atoms with Crippen LogP contribution >= 0.6 is 11.6 Å². The Bertz CT molecular complexity index is 2210. The fourth-order valence-corrected chi connectivity index (χ4v) is 7.07. The third-order valence-electron chi connectivity index (χ3n) is 8.75. The molecule has 42 heavy (non-hydrogen) atoms. The molecule has 1 spiro atoms. The van der Waals surface area contributed by atoms with Crippen molar-refractivity contribution < 1.29 is 4.42 Å². The Morgan fingerprint density at radius 3 is 2.14 bits per heavy atom. The number of aromatic nitrogens is 3. The zero-order valence-electron chi connectivity index (χ0n) is 22.3. The van der Waals surface area contributed by atoms with Crippen molar-refractivity contribution in [3.63, 3.8) is 0 Å². The van der Waals surface area contributed by atoms with Crippen LogP contribution in [0.5, 0.6) is 0 Å². The fourth-order valence-electron chi connectivity index (χ4n) is 6.91. The average molecular weight is 560 g/mol. The van der Waals surface area contributed by atoms with Gasteiger partial charge in [-0.05, 0) is 57.6 Å². The molecule has 2 aromatic heterocycles. The summed E-state index contributed by atoms with van der Waals surface area (Å²) in [4.78, 5) is 14.6. The number of halogens is 1. The molecule has 2 unspecified atom stereocenters. The molecular weight excluding hydrogens is 538 g/mol. The van der Waals surface area contributed by atoms with Crippen molar-refractivity contribution in [1.29, 1.82) is 0 Å². The standard InChI is InChI=1S/C37H22ClN3O/c38-36-40-34-27-14-8-16-31-33(27)32-26(13-7-15-30(32)42-31)24-17-18-37(21-24)28(23-11-5-2-6-12-23)19-25(22-9-3-1-4-10-22)20-29(37)35(39-34)41-36/h1-21,28H. The van der Waals surface area contributed by atoms with Crippen molar-refractivity contribution in [2.75, 3.05) is 0 Å². The molecule has 4 aromatic carbocycles. The van der Waals surface area contributed by atoms with Crippen molar-refractivity contribution in [3.8, 4) is 11.4 Å². The van der Waals surface area contributed by atoms with Crippen molar-refractivity contribution in [1.82, 2.24) is 15.0 Å². The van der Waals surface area contributed by atoms with Gasteiger partial charge in [0.15, 0.2) is 11.6 Å². The lowest BCUT2D eigenvalue weighted by Gasteiger charge is -2.39. The topological polar surface area (TPSA) is 51.8 Å². The van der Waals surface area contributed by atoms with Gasteiger partial charge in [0.2, 0.25) is 5.28 Å². The second-order valence-electron chi connectivity index (χ2n) is 11.0. The lowest BCUT2D eigenvalue weighted by atomic mass is 9.64. The molecule has 0 saturated carbocycles. The van der Waals surface area contributed by atoms with Crippen LogP contribution in [0.15, 0.2) is 132 Å². The molecule has 0 amide bonds. The fraction of sp³-hybridized carbons (Fsp3) is 0.0541. The lowest BCUT2D eigenvalue weighted by molar-refractivity contribution is 0.573. The maximum absolute atomic E-state index is 6.71. The van der Waals surface area contributed by atoms with Crippen molar-refractivity contribution in [2.45, 2.75) is 5.92 Å². The SMILES string of the molecule is Clc1nc2nc(n1)-c1cccc3oc4cccc(c4c13)C1=CC3(C=C1)C2=CC(c1ccccc1)=CC3c1ccccc1. The highest BCUT2D eigenvalue weighted by atomic mass is 35.5. The van der Waals surface area contributed by atoms with Gasteiger partial charge in [-0.25, -0.2) is 4.98 Å². The average Bonchev–Trinajstić information content (AvgIpc) is 3.64. The zero-order chi connectivity index (χ0) is 27.8. The Kier molecular flexibility index (Phi) is 4.90. The number of rotatable bonds is 2. The first-order valence-electron chi connectivity index (χ1n) is 14.0. The number of hydrogen-bond donors (Lipinski definition) is 0. The highest BCUT2D eigenvalue weighted by Crippen LogP contribution is 2.58. The van der Waals surface area contributed by atoms with E-state index < -0.39 is 5.41 Å². The smallest absolute Gasteiger partial charge is 0.226 e. The normalized spacial score (nSPS) is 20.2. The molecule has 2 aliphatic carbocycles. The van der Waals surface area contributed by atoms with Crippen molar-refractivity contribution in [2.24, 2.45) is 5.41 Å². The van der Waals surface area contributed by atoms with Crippen LogP contribution in [0.4, 0.5) is 0 Å². The molecule has 9 rings (SSSR count). The van der Waals surface area contributed by atoms with Crippen LogP contribution in [0.3, 0.4) is 0 Å². The largest absolute Gasteiger partial charge is 0.456 e.